The molecule has 0 radical (unpaired) electrons. The van der Waals surface area contributed by atoms with Crippen molar-refractivity contribution in [3.63, 3.8) is 0 Å². The largest absolute Gasteiger partial charge is 0.429 e. The molecule has 0 saturated carbocycles. The molecular weight excluding hydrogens is 471 g/mol. The zero-order chi connectivity index (χ0) is 24.9. The van der Waals surface area contributed by atoms with Crippen LogP contribution in [0.1, 0.15) is 23.0 Å². The Kier molecular flexibility index (Phi) is 8.00. The van der Waals surface area contributed by atoms with Gasteiger partial charge < -0.3 is 18.9 Å². The van der Waals surface area contributed by atoms with E-state index in [1.165, 1.54) is 0 Å². The van der Waals surface area contributed by atoms with E-state index in [0.717, 1.165) is 17.7 Å². The SMILES string of the molecule is C=CCOC1COC(c2ccc3c(F)c(CCc4cc(F)c(OC(F)F)c(F)c4)ccc3c2)OC1. The third-order valence-corrected chi connectivity index (χ3v) is 5.60. The molecule has 0 aromatic heterocycles. The quantitative estimate of drug-likeness (QED) is 0.260. The summed E-state index contributed by atoms with van der Waals surface area (Å²) in [6, 6.07) is 10.3. The summed E-state index contributed by atoms with van der Waals surface area (Å²) in [6.45, 7) is 1.38. The van der Waals surface area contributed by atoms with Crippen LogP contribution in [0.15, 0.2) is 55.1 Å². The summed E-state index contributed by atoms with van der Waals surface area (Å²) >= 11 is 0. The van der Waals surface area contributed by atoms with E-state index in [1.807, 2.05) is 0 Å². The predicted octanol–water partition coefficient (Wildman–Crippen LogP) is 6.26. The van der Waals surface area contributed by atoms with Crippen LogP contribution in [-0.4, -0.2) is 32.5 Å². The van der Waals surface area contributed by atoms with E-state index in [1.54, 1.807) is 36.4 Å². The average Bonchev–Trinajstić information content (AvgIpc) is 2.84. The summed E-state index contributed by atoms with van der Waals surface area (Å²) in [4.78, 5) is 0. The van der Waals surface area contributed by atoms with Gasteiger partial charge in [-0.2, -0.15) is 8.78 Å². The molecule has 1 aliphatic rings. The fourth-order valence-electron chi connectivity index (χ4n) is 3.91. The van der Waals surface area contributed by atoms with Crippen LogP contribution < -0.4 is 4.74 Å². The molecule has 186 valence electrons. The number of alkyl halides is 2. The molecule has 0 unspecified atom stereocenters. The maximum absolute atomic E-state index is 15.1. The van der Waals surface area contributed by atoms with Crippen molar-refractivity contribution in [2.75, 3.05) is 19.8 Å². The second kappa shape index (κ2) is 11.2. The Bertz CT molecular complexity index is 1170. The number of fused-ring (bicyclic) bond motifs is 1. The monoisotopic (exact) mass is 494 g/mol. The van der Waals surface area contributed by atoms with Crippen molar-refractivity contribution >= 4 is 10.8 Å². The van der Waals surface area contributed by atoms with Gasteiger partial charge in [0.1, 0.15) is 11.9 Å². The second-order valence-electron chi connectivity index (χ2n) is 8.03. The molecule has 3 aromatic carbocycles. The molecule has 4 rings (SSSR count). The standard InChI is InChI=1S/C26H23F5O4/c1-2-9-32-19-13-33-25(34-14-19)18-7-8-20-17(12-18)6-5-16(23(20)29)4-3-15-10-21(27)24(22(28)11-15)35-26(30)31/h2,5-8,10-12,19,25-26H,1,3-4,9,13-14H2. The van der Waals surface area contributed by atoms with E-state index in [-0.39, 0.29) is 24.5 Å². The van der Waals surface area contributed by atoms with Crippen LogP contribution in [0.5, 0.6) is 5.75 Å². The van der Waals surface area contributed by atoms with Crippen molar-refractivity contribution in [3.8, 4) is 5.75 Å². The summed E-state index contributed by atoms with van der Waals surface area (Å²) in [5, 5.41) is 1.03. The number of benzene rings is 3. The van der Waals surface area contributed by atoms with Gasteiger partial charge in [-0.3, -0.25) is 0 Å². The van der Waals surface area contributed by atoms with Gasteiger partial charge in [-0.05, 0) is 47.6 Å². The number of ether oxygens (including phenoxy) is 4. The van der Waals surface area contributed by atoms with E-state index >= 15 is 4.39 Å². The Morgan fingerprint density at radius 1 is 0.971 bits per heavy atom. The van der Waals surface area contributed by atoms with Gasteiger partial charge in [0.15, 0.2) is 23.7 Å². The van der Waals surface area contributed by atoms with Gasteiger partial charge in [0.2, 0.25) is 0 Å². The lowest BCUT2D eigenvalue weighted by Crippen LogP contribution is -2.33. The van der Waals surface area contributed by atoms with Gasteiger partial charge in [0, 0.05) is 10.9 Å². The maximum Gasteiger partial charge on any atom is 0.387 e. The summed E-state index contributed by atoms with van der Waals surface area (Å²) in [5.41, 5.74) is 1.29. The summed E-state index contributed by atoms with van der Waals surface area (Å²) in [5.74, 6) is -4.06. The Morgan fingerprint density at radius 2 is 1.69 bits per heavy atom. The van der Waals surface area contributed by atoms with Crippen molar-refractivity contribution in [2.24, 2.45) is 0 Å². The summed E-state index contributed by atoms with van der Waals surface area (Å²) in [6.07, 6.45) is 1.13. The normalized spacial score (nSPS) is 18.2. The molecule has 0 bridgehead atoms. The molecule has 0 amide bonds. The van der Waals surface area contributed by atoms with E-state index < -0.39 is 36.1 Å². The summed E-state index contributed by atoms with van der Waals surface area (Å²) < 4.78 is 88.4. The number of hydrogen-bond acceptors (Lipinski definition) is 4. The van der Waals surface area contributed by atoms with Gasteiger partial charge >= 0.3 is 6.61 Å². The second-order valence-corrected chi connectivity index (χ2v) is 8.03. The lowest BCUT2D eigenvalue weighted by Gasteiger charge is -2.29. The van der Waals surface area contributed by atoms with Crippen molar-refractivity contribution in [1.82, 2.24) is 0 Å². The van der Waals surface area contributed by atoms with Crippen molar-refractivity contribution in [1.29, 1.82) is 0 Å². The first-order valence-corrected chi connectivity index (χ1v) is 10.9. The van der Waals surface area contributed by atoms with Crippen LogP contribution in [-0.2, 0) is 27.1 Å². The fraction of sp³-hybridized carbons (Fsp3) is 0.308. The van der Waals surface area contributed by atoms with Crippen LogP contribution in [0.2, 0.25) is 0 Å². The Morgan fingerprint density at radius 3 is 2.34 bits per heavy atom. The first-order chi connectivity index (χ1) is 16.9. The maximum atomic E-state index is 15.1. The molecular formula is C26H23F5O4. The highest BCUT2D eigenvalue weighted by molar-refractivity contribution is 5.84. The van der Waals surface area contributed by atoms with E-state index in [9.17, 15) is 17.6 Å². The van der Waals surface area contributed by atoms with Gasteiger partial charge in [-0.25, -0.2) is 13.2 Å². The molecule has 0 spiro atoms. The highest BCUT2D eigenvalue weighted by Crippen LogP contribution is 2.30. The zero-order valence-corrected chi connectivity index (χ0v) is 18.6. The minimum Gasteiger partial charge on any atom is -0.429 e. The Labute approximate surface area is 198 Å². The van der Waals surface area contributed by atoms with E-state index in [0.29, 0.717) is 36.2 Å². The van der Waals surface area contributed by atoms with Crippen molar-refractivity contribution in [3.05, 3.63) is 89.3 Å². The minimum atomic E-state index is -3.35. The van der Waals surface area contributed by atoms with E-state index in [2.05, 4.69) is 11.3 Å². The van der Waals surface area contributed by atoms with Crippen LogP contribution in [0.3, 0.4) is 0 Å². The number of aryl methyl sites for hydroxylation is 2. The molecule has 1 saturated heterocycles. The van der Waals surface area contributed by atoms with Crippen molar-refractivity contribution in [2.45, 2.75) is 31.8 Å². The molecule has 35 heavy (non-hydrogen) atoms. The highest BCUT2D eigenvalue weighted by Gasteiger charge is 2.24. The molecule has 3 aromatic rings. The number of rotatable bonds is 9. The minimum absolute atomic E-state index is 0.0994. The molecule has 0 N–H and O–H groups in total. The third kappa shape index (κ3) is 5.98. The predicted molar refractivity (Wildman–Crippen MR) is 119 cm³/mol. The van der Waals surface area contributed by atoms with Gasteiger partial charge in [-0.15, -0.1) is 6.58 Å². The molecule has 0 atom stereocenters. The highest BCUT2D eigenvalue weighted by atomic mass is 19.3. The topological polar surface area (TPSA) is 36.9 Å². The lowest BCUT2D eigenvalue weighted by molar-refractivity contribution is -0.228. The van der Waals surface area contributed by atoms with Crippen molar-refractivity contribution < 1.29 is 40.9 Å². The van der Waals surface area contributed by atoms with Gasteiger partial charge in [0.25, 0.3) is 0 Å². The molecule has 4 nitrogen and oxygen atoms in total. The zero-order valence-electron chi connectivity index (χ0n) is 18.6. The molecule has 0 aliphatic carbocycles. The number of hydrogen-bond donors (Lipinski definition) is 0. The Balaban J connectivity index is 1.44. The average molecular weight is 494 g/mol. The van der Waals surface area contributed by atoms with E-state index in [4.69, 9.17) is 14.2 Å². The van der Waals surface area contributed by atoms with Gasteiger partial charge in [0.05, 0.1) is 19.8 Å². The van der Waals surface area contributed by atoms with Crippen LogP contribution in [0.25, 0.3) is 10.8 Å². The smallest absolute Gasteiger partial charge is 0.387 e. The molecule has 1 heterocycles. The number of halogens is 5. The molecule has 1 fully saturated rings. The van der Waals surface area contributed by atoms with Crippen LogP contribution in [0, 0.1) is 17.5 Å². The third-order valence-electron chi connectivity index (χ3n) is 5.60. The Hall–Kier alpha value is -3.01. The van der Waals surface area contributed by atoms with Gasteiger partial charge in [-0.1, -0.05) is 30.3 Å². The fourth-order valence-corrected chi connectivity index (χ4v) is 3.91. The lowest BCUT2D eigenvalue weighted by atomic mass is 9.98. The van der Waals surface area contributed by atoms with Crippen LogP contribution in [0.4, 0.5) is 22.0 Å². The molecule has 1 aliphatic heterocycles. The first kappa shape index (κ1) is 25.1. The molecule has 9 heteroatoms. The van der Waals surface area contributed by atoms with Crippen LogP contribution >= 0.6 is 0 Å². The summed E-state index contributed by atoms with van der Waals surface area (Å²) in [7, 11) is 0. The first-order valence-electron chi connectivity index (χ1n) is 10.9.